The van der Waals surface area contributed by atoms with Gasteiger partial charge in [0.1, 0.15) is 12.7 Å². The topological polar surface area (TPSA) is 51.0 Å². The minimum absolute atomic E-state index is 0.267. The molecule has 0 saturated heterocycles. The van der Waals surface area contributed by atoms with E-state index in [0.717, 1.165) is 32.4 Å². The molecular formula is C15H20N4OS. The fourth-order valence-corrected chi connectivity index (χ4v) is 3.32. The highest BCUT2D eigenvalue weighted by molar-refractivity contribution is 7.11. The van der Waals surface area contributed by atoms with E-state index < -0.39 is 0 Å². The van der Waals surface area contributed by atoms with Gasteiger partial charge >= 0.3 is 0 Å². The van der Waals surface area contributed by atoms with Crippen LogP contribution < -0.4 is 0 Å². The molecule has 6 heteroatoms. The van der Waals surface area contributed by atoms with Crippen LogP contribution in [0.1, 0.15) is 35.4 Å². The fourth-order valence-electron chi connectivity index (χ4n) is 2.43. The predicted molar refractivity (Wildman–Crippen MR) is 81.9 cm³/mol. The van der Waals surface area contributed by atoms with E-state index in [-0.39, 0.29) is 5.91 Å². The Labute approximate surface area is 128 Å². The molecular weight excluding hydrogens is 284 g/mol. The summed E-state index contributed by atoms with van der Waals surface area (Å²) in [5.41, 5.74) is 0. The van der Waals surface area contributed by atoms with Gasteiger partial charge in [-0.05, 0) is 38.3 Å². The van der Waals surface area contributed by atoms with Gasteiger partial charge in [-0.3, -0.25) is 9.48 Å². The van der Waals surface area contributed by atoms with Crippen molar-refractivity contribution >= 4 is 17.2 Å². The van der Waals surface area contributed by atoms with E-state index >= 15 is 0 Å². The molecule has 2 aromatic heterocycles. The molecule has 0 spiro atoms. The van der Waals surface area contributed by atoms with Crippen molar-refractivity contribution in [3.63, 3.8) is 0 Å². The number of nitrogens with zero attached hydrogens (tertiary/aromatic N) is 4. The van der Waals surface area contributed by atoms with E-state index in [0.29, 0.717) is 12.5 Å². The number of carbonyl (C=O) groups is 1. The largest absolute Gasteiger partial charge is 0.335 e. The van der Waals surface area contributed by atoms with Crippen LogP contribution in [0.4, 0.5) is 0 Å². The maximum Gasteiger partial charge on any atom is 0.223 e. The molecule has 2 heterocycles. The Hall–Kier alpha value is -1.69. The Bertz CT molecular complexity index is 589. The molecule has 0 aliphatic heterocycles. The first-order chi connectivity index (χ1) is 10.2. The molecule has 0 atom stereocenters. The highest BCUT2D eigenvalue weighted by Gasteiger charge is 2.32. The van der Waals surface area contributed by atoms with Crippen LogP contribution in [-0.2, 0) is 17.9 Å². The van der Waals surface area contributed by atoms with Crippen LogP contribution in [-0.4, -0.2) is 31.6 Å². The molecule has 5 nitrogen and oxygen atoms in total. The Morgan fingerprint density at radius 3 is 2.95 bits per heavy atom. The number of rotatable bonds is 7. The van der Waals surface area contributed by atoms with Crippen molar-refractivity contribution in [2.45, 2.75) is 51.7 Å². The third-order valence-electron chi connectivity index (χ3n) is 3.67. The van der Waals surface area contributed by atoms with Crippen molar-refractivity contribution < 1.29 is 4.79 Å². The fraction of sp³-hybridized carbons (Fsp3) is 0.533. The lowest BCUT2D eigenvalue weighted by Crippen LogP contribution is -2.32. The summed E-state index contributed by atoms with van der Waals surface area (Å²) in [6.45, 7) is 3.63. The molecule has 21 heavy (non-hydrogen) atoms. The number of hydrogen-bond acceptors (Lipinski definition) is 4. The molecule has 1 aliphatic rings. The number of aromatic nitrogens is 3. The van der Waals surface area contributed by atoms with E-state index in [1.165, 1.54) is 16.1 Å². The summed E-state index contributed by atoms with van der Waals surface area (Å²) >= 11 is 1.78. The van der Waals surface area contributed by atoms with Crippen molar-refractivity contribution in [2.24, 2.45) is 0 Å². The zero-order chi connectivity index (χ0) is 14.7. The highest BCUT2D eigenvalue weighted by atomic mass is 32.1. The van der Waals surface area contributed by atoms with E-state index in [9.17, 15) is 4.79 Å². The zero-order valence-electron chi connectivity index (χ0n) is 12.2. The average molecular weight is 304 g/mol. The van der Waals surface area contributed by atoms with Crippen molar-refractivity contribution in [2.75, 3.05) is 0 Å². The SMILES string of the molecule is Cc1ccc(CN(C(=O)CCCn2cncn2)C2CC2)s1. The van der Waals surface area contributed by atoms with Gasteiger partial charge in [0, 0.05) is 28.8 Å². The minimum Gasteiger partial charge on any atom is -0.335 e. The van der Waals surface area contributed by atoms with Crippen LogP contribution in [0.3, 0.4) is 0 Å². The third-order valence-corrected chi connectivity index (χ3v) is 4.66. The number of carbonyl (C=O) groups excluding carboxylic acids is 1. The zero-order valence-corrected chi connectivity index (χ0v) is 13.1. The Morgan fingerprint density at radius 1 is 1.48 bits per heavy atom. The van der Waals surface area contributed by atoms with E-state index in [4.69, 9.17) is 0 Å². The summed E-state index contributed by atoms with van der Waals surface area (Å²) in [7, 11) is 0. The second kappa shape index (κ2) is 6.39. The van der Waals surface area contributed by atoms with Crippen LogP contribution in [0.25, 0.3) is 0 Å². The maximum absolute atomic E-state index is 12.4. The van der Waals surface area contributed by atoms with Crippen molar-refractivity contribution in [1.82, 2.24) is 19.7 Å². The third kappa shape index (κ3) is 3.91. The quantitative estimate of drug-likeness (QED) is 0.790. The minimum atomic E-state index is 0.267. The molecule has 0 radical (unpaired) electrons. The molecule has 3 rings (SSSR count). The Balaban J connectivity index is 1.52. The van der Waals surface area contributed by atoms with Crippen molar-refractivity contribution in [3.8, 4) is 0 Å². The second-order valence-corrected chi connectivity index (χ2v) is 6.90. The van der Waals surface area contributed by atoms with Crippen LogP contribution in [0, 0.1) is 6.92 Å². The van der Waals surface area contributed by atoms with Crippen LogP contribution in [0.5, 0.6) is 0 Å². The van der Waals surface area contributed by atoms with Gasteiger partial charge in [-0.2, -0.15) is 5.10 Å². The number of aryl methyl sites for hydroxylation is 2. The molecule has 1 saturated carbocycles. The molecule has 1 fully saturated rings. The molecule has 1 aliphatic carbocycles. The predicted octanol–water partition coefficient (Wildman–Crippen LogP) is 2.62. The molecule has 0 aromatic carbocycles. The van der Waals surface area contributed by atoms with Gasteiger partial charge in [-0.25, -0.2) is 4.98 Å². The van der Waals surface area contributed by atoms with Gasteiger partial charge in [0.25, 0.3) is 0 Å². The maximum atomic E-state index is 12.4. The van der Waals surface area contributed by atoms with E-state index in [1.54, 1.807) is 22.3 Å². The average Bonchev–Trinajstić information content (AvgIpc) is 3.01. The van der Waals surface area contributed by atoms with E-state index in [2.05, 4.69) is 34.0 Å². The van der Waals surface area contributed by atoms with Gasteiger partial charge < -0.3 is 4.90 Å². The lowest BCUT2D eigenvalue weighted by molar-refractivity contribution is -0.132. The van der Waals surface area contributed by atoms with Crippen LogP contribution in [0.2, 0.25) is 0 Å². The molecule has 2 aromatic rings. The first-order valence-electron chi connectivity index (χ1n) is 7.39. The lowest BCUT2D eigenvalue weighted by Gasteiger charge is -2.21. The molecule has 1 amide bonds. The standard InChI is InChI=1S/C15H20N4OS/c1-12-4-7-14(21-12)9-19(13-5-6-13)15(20)3-2-8-18-11-16-10-17-18/h4,7,10-11,13H,2-3,5-6,8-9H2,1H3. The van der Waals surface area contributed by atoms with Gasteiger partial charge in [0.2, 0.25) is 5.91 Å². The van der Waals surface area contributed by atoms with Crippen molar-refractivity contribution in [3.05, 3.63) is 34.5 Å². The monoisotopic (exact) mass is 304 g/mol. The molecule has 0 bridgehead atoms. The Morgan fingerprint density at radius 2 is 2.33 bits per heavy atom. The Kier molecular flexibility index (Phi) is 4.34. The van der Waals surface area contributed by atoms with Gasteiger partial charge in [-0.1, -0.05) is 0 Å². The van der Waals surface area contributed by atoms with Gasteiger partial charge in [0.05, 0.1) is 6.54 Å². The summed E-state index contributed by atoms with van der Waals surface area (Å²) in [5, 5.41) is 4.06. The summed E-state index contributed by atoms with van der Waals surface area (Å²) in [6, 6.07) is 4.73. The van der Waals surface area contributed by atoms with E-state index in [1.807, 2.05) is 0 Å². The lowest BCUT2D eigenvalue weighted by atomic mass is 10.2. The smallest absolute Gasteiger partial charge is 0.223 e. The highest BCUT2D eigenvalue weighted by Crippen LogP contribution is 2.30. The number of hydrogen-bond donors (Lipinski definition) is 0. The molecule has 112 valence electrons. The number of amides is 1. The van der Waals surface area contributed by atoms with Gasteiger partial charge in [0.15, 0.2) is 0 Å². The first kappa shape index (κ1) is 14.3. The summed E-state index contributed by atoms with van der Waals surface area (Å²) < 4.78 is 1.78. The summed E-state index contributed by atoms with van der Waals surface area (Å²) in [5.74, 6) is 0.267. The first-order valence-corrected chi connectivity index (χ1v) is 8.21. The summed E-state index contributed by atoms with van der Waals surface area (Å²) in [6.07, 6.45) is 6.92. The normalized spacial score (nSPS) is 14.3. The van der Waals surface area contributed by atoms with Crippen LogP contribution >= 0.6 is 11.3 Å². The van der Waals surface area contributed by atoms with Gasteiger partial charge in [-0.15, -0.1) is 11.3 Å². The summed E-state index contributed by atoms with van der Waals surface area (Å²) in [4.78, 5) is 21.0. The van der Waals surface area contributed by atoms with Crippen molar-refractivity contribution in [1.29, 1.82) is 0 Å². The molecule has 0 unspecified atom stereocenters. The molecule has 0 N–H and O–H groups in total. The second-order valence-electron chi connectivity index (χ2n) is 5.53. The van der Waals surface area contributed by atoms with Crippen LogP contribution in [0.15, 0.2) is 24.8 Å². The number of thiophene rings is 1.